The van der Waals surface area contributed by atoms with Crippen LogP contribution in [0.5, 0.6) is 0 Å². The molecule has 0 bridgehead atoms. The van der Waals surface area contributed by atoms with E-state index in [2.05, 4.69) is 24.9 Å². The zero-order valence-corrected chi connectivity index (χ0v) is 5.66. The highest BCUT2D eigenvalue weighted by atomic mass is 16.6. The average molecular weight is 150 g/mol. The van der Waals surface area contributed by atoms with Gasteiger partial charge in [-0.2, -0.15) is 0 Å². The molecular formula is C6H6N4O. The van der Waals surface area contributed by atoms with Crippen LogP contribution in [0.15, 0.2) is 41.8 Å². The summed E-state index contributed by atoms with van der Waals surface area (Å²) >= 11 is 0. The molecule has 2 aromatic rings. The second-order valence-electron chi connectivity index (χ2n) is 1.49. The molecule has 0 unspecified atom stereocenters. The minimum atomic E-state index is 1.47. The molecule has 11 heavy (non-hydrogen) atoms. The predicted octanol–water partition coefficient (Wildman–Crippen LogP) is 0.546. The van der Waals surface area contributed by atoms with E-state index in [1.807, 2.05) is 0 Å². The van der Waals surface area contributed by atoms with Crippen LogP contribution in [0, 0.1) is 0 Å². The molecule has 0 radical (unpaired) electrons. The van der Waals surface area contributed by atoms with Crippen molar-refractivity contribution in [3.8, 4) is 0 Å². The van der Waals surface area contributed by atoms with Crippen molar-refractivity contribution in [1.29, 1.82) is 0 Å². The van der Waals surface area contributed by atoms with Gasteiger partial charge in [-0.05, 0) is 6.07 Å². The lowest BCUT2D eigenvalue weighted by Crippen LogP contribution is -1.66. The molecule has 0 fully saturated rings. The van der Waals surface area contributed by atoms with Crippen molar-refractivity contribution in [1.82, 2.24) is 20.3 Å². The van der Waals surface area contributed by atoms with Gasteiger partial charge >= 0.3 is 0 Å². The third-order valence-electron chi connectivity index (χ3n) is 0.760. The summed E-state index contributed by atoms with van der Waals surface area (Å²) in [7, 11) is 0. The highest BCUT2D eigenvalue weighted by Gasteiger charge is 1.61. The van der Waals surface area contributed by atoms with Crippen molar-refractivity contribution in [2.75, 3.05) is 0 Å². The maximum absolute atomic E-state index is 4.08. The number of nitrogens with zero attached hydrogens (tertiary/aromatic N) is 4. The van der Waals surface area contributed by atoms with E-state index in [0.717, 1.165) is 0 Å². The molecule has 2 rings (SSSR count). The van der Waals surface area contributed by atoms with Crippen molar-refractivity contribution >= 4 is 0 Å². The summed E-state index contributed by atoms with van der Waals surface area (Å²) in [6, 6.07) is 1.78. The fraction of sp³-hybridized carbons (Fsp3) is 0. The van der Waals surface area contributed by atoms with E-state index < -0.39 is 0 Å². The molecule has 0 aliphatic heterocycles. The predicted molar refractivity (Wildman–Crippen MR) is 36.3 cm³/mol. The van der Waals surface area contributed by atoms with Crippen LogP contribution in [-0.2, 0) is 0 Å². The van der Waals surface area contributed by atoms with Crippen LogP contribution in [0.3, 0.4) is 0 Å². The van der Waals surface area contributed by atoms with Crippen LogP contribution in [0.4, 0.5) is 0 Å². The molecule has 5 heteroatoms. The summed E-state index contributed by atoms with van der Waals surface area (Å²) < 4.78 is 4.08. The summed E-state index contributed by atoms with van der Waals surface area (Å²) in [6.07, 6.45) is 7.82. The molecule has 0 saturated carbocycles. The summed E-state index contributed by atoms with van der Waals surface area (Å²) in [5, 5.41) is 6.47. The third-order valence-corrected chi connectivity index (χ3v) is 0.760. The maximum Gasteiger partial charge on any atom is 0.115 e. The lowest BCUT2D eigenvalue weighted by molar-refractivity contribution is 0.307. The SMILES string of the molecule is c1cncnc1.c1cnon1. The zero-order valence-electron chi connectivity index (χ0n) is 5.66. The molecule has 0 N–H and O–H groups in total. The first kappa shape index (κ1) is 7.33. The molecule has 2 aromatic heterocycles. The third kappa shape index (κ3) is 3.74. The molecule has 0 aliphatic rings. The average Bonchev–Trinajstić information content (AvgIpc) is 2.64. The van der Waals surface area contributed by atoms with Crippen molar-refractivity contribution in [2.24, 2.45) is 0 Å². The van der Waals surface area contributed by atoms with E-state index >= 15 is 0 Å². The molecule has 2 heterocycles. The van der Waals surface area contributed by atoms with E-state index in [1.54, 1.807) is 18.5 Å². The van der Waals surface area contributed by atoms with E-state index in [9.17, 15) is 0 Å². The smallest absolute Gasteiger partial charge is 0.115 e. The topological polar surface area (TPSA) is 64.7 Å². The van der Waals surface area contributed by atoms with Gasteiger partial charge in [-0.25, -0.2) is 14.6 Å². The van der Waals surface area contributed by atoms with Gasteiger partial charge in [0.1, 0.15) is 6.33 Å². The van der Waals surface area contributed by atoms with Gasteiger partial charge in [-0.3, -0.25) is 0 Å². The largest absolute Gasteiger partial charge is 0.245 e. The molecule has 0 aliphatic carbocycles. The Balaban J connectivity index is 0.000000112. The molecule has 56 valence electrons. The Labute approximate surface area is 63.1 Å². The quantitative estimate of drug-likeness (QED) is 0.548. The normalized spacial score (nSPS) is 8.00. The fourth-order valence-electron chi connectivity index (χ4n) is 0.389. The first-order valence-corrected chi connectivity index (χ1v) is 2.91. The summed E-state index contributed by atoms with van der Waals surface area (Å²) in [6.45, 7) is 0. The number of hydrogen-bond acceptors (Lipinski definition) is 5. The van der Waals surface area contributed by atoms with Crippen LogP contribution >= 0.6 is 0 Å². The van der Waals surface area contributed by atoms with Gasteiger partial charge in [-0.15, -0.1) is 0 Å². The summed E-state index contributed by atoms with van der Waals surface area (Å²) in [4.78, 5) is 7.35. The Morgan fingerprint density at radius 1 is 0.818 bits per heavy atom. The lowest BCUT2D eigenvalue weighted by atomic mass is 10.7. The first-order valence-electron chi connectivity index (χ1n) is 2.91. The Bertz CT molecular complexity index is 200. The van der Waals surface area contributed by atoms with Crippen LogP contribution in [-0.4, -0.2) is 20.3 Å². The van der Waals surface area contributed by atoms with Crippen molar-refractivity contribution in [3.05, 3.63) is 37.2 Å². The van der Waals surface area contributed by atoms with E-state index in [1.165, 1.54) is 18.7 Å². The van der Waals surface area contributed by atoms with Gasteiger partial charge in [0.15, 0.2) is 0 Å². The van der Waals surface area contributed by atoms with Crippen LogP contribution in [0.1, 0.15) is 0 Å². The van der Waals surface area contributed by atoms with Gasteiger partial charge in [0.25, 0.3) is 0 Å². The second kappa shape index (κ2) is 5.04. The van der Waals surface area contributed by atoms with Crippen LogP contribution < -0.4 is 0 Å². The van der Waals surface area contributed by atoms with E-state index in [4.69, 9.17) is 0 Å². The Morgan fingerprint density at radius 3 is 1.64 bits per heavy atom. The standard InChI is InChI=1S/C4H4N2.C2H2N2O/c1-2-5-4-6-3-1;1-2-4-5-3-1/h1-4H;1-2H. The monoisotopic (exact) mass is 150 g/mol. The molecule has 5 nitrogen and oxygen atoms in total. The van der Waals surface area contributed by atoms with Crippen molar-refractivity contribution in [2.45, 2.75) is 0 Å². The minimum Gasteiger partial charge on any atom is -0.245 e. The lowest BCUT2D eigenvalue weighted by Gasteiger charge is -1.70. The molecule has 0 aromatic carbocycles. The second-order valence-corrected chi connectivity index (χ2v) is 1.49. The molecule has 0 saturated heterocycles. The molecule has 0 spiro atoms. The first-order chi connectivity index (χ1) is 5.50. The van der Waals surface area contributed by atoms with Gasteiger partial charge in [0.05, 0.1) is 12.4 Å². The van der Waals surface area contributed by atoms with Gasteiger partial charge in [0, 0.05) is 12.4 Å². The van der Waals surface area contributed by atoms with Crippen molar-refractivity contribution < 1.29 is 4.63 Å². The fourth-order valence-corrected chi connectivity index (χ4v) is 0.389. The van der Waals surface area contributed by atoms with Gasteiger partial charge in [0.2, 0.25) is 0 Å². The Hall–Kier alpha value is -1.78. The Kier molecular flexibility index (Phi) is 3.36. The summed E-state index contributed by atoms with van der Waals surface area (Å²) in [5.74, 6) is 0. The number of aromatic nitrogens is 4. The van der Waals surface area contributed by atoms with Crippen molar-refractivity contribution in [3.63, 3.8) is 0 Å². The van der Waals surface area contributed by atoms with Gasteiger partial charge < -0.3 is 0 Å². The maximum atomic E-state index is 4.08. The highest BCUT2D eigenvalue weighted by Crippen LogP contribution is 1.66. The van der Waals surface area contributed by atoms with Crippen LogP contribution in [0.25, 0.3) is 0 Å². The highest BCUT2D eigenvalue weighted by molar-refractivity contribution is 4.74. The van der Waals surface area contributed by atoms with E-state index in [0.29, 0.717) is 0 Å². The molecule has 0 amide bonds. The Morgan fingerprint density at radius 2 is 1.45 bits per heavy atom. The summed E-state index contributed by atoms with van der Waals surface area (Å²) in [5.41, 5.74) is 0. The number of rotatable bonds is 0. The minimum absolute atomic E-state index is 1.47. The zero-order chi connectivity index (χ0) is 7.78. The van der Waals surface area contributed by atoms with E-state index in [-0.39, 0.29) is 0 Å². The van der Waals surface area contributed by atoms with Gasteiger partial charge in [-0.1, -0.05) is 10.3 Å². The molecule has 0 atom stereocenters. The number of hydrogen-bond donors (Lipinski definition) is 0. The molecular weight excluding hydrogens is 144 g/mol. The van der Waals surface area contributed by atoms with Crippen LogP contribution in [0.2, 0.25) is 0 Å².